The molecule has 1 atom stereocenters. The van der Waals surface area contributed by atoms with Gasteiger partial charge in [-0.2, -0.15) is 0 Å². The number of carboxylic acid groups (broad SMARTS) is 1. The molecular weight excluding hydrogens is 336 g/mol. The number of carboxylic acids is 1. The molecule has 1 aromatic carbocycles. The van der Waals surface area contributed by atoms with Gasteiger partial charge in [0, 0.05) is 26.8 Å². The Bertz CT molecular complexity index is 671. The largest absolute Gasteiger partial charge is 0.478 e. The summed E-state index contributed by atoms with van der Waals surface area (Å²) < 4.78 is 37.7. The van der Waals surface area contributed by atoms with Crippen molar-refractivity contribution in [2.24, 2.45) is 0 Å². The summed E-state index contributed by atoms with van der Waals surface area (Å²) in [6.07, 6.45) is 1.92. The van der Waals surface area contributed by atoms with E-state index in [0.717, 1.165) is 18.9 Å². The van der Waals surface area contributed by atoms with Gasteiger partial charge in [0.15, 0.2) is 0 Å². The molecular formula is C15H22N2O6S. The lowest BCUT2D eigenvalue weighted by Crippen LogP contribution is -2.29. The number of hydrogen-bond donors (Lipinski definition) is 3. The Kier molecular flexibility index (Phi) is 6.55. The molecule has 0 radical (unpaired) electrons. The SMILES string of the molecule is COCCNS(=O)(=O)c1cc(C(=O)O)ccc1NCC1CCCO1. The predicted molar refractivity (Wildman–Crippen MR) is 87.9 cm³/mol. The third-order valence-corrected chi connectivity index (χ3v) is 5.16. The molecule has 1 aliphatic heterocycles. The van der Waals surface area contributed by atoms with E-state index < -0.39 is 16.0 Å². The lowest BCUT2D eigenvalue weighted by molar-refractivity contribution is 0.0696. The molecule has 1 fully saturated rings. The second-order valence-electron chi connectivity index (χ2n) is 5.42. The standard InChI is InChI=1S/C15H22N2O6S/c1-22-8-6-17-24(20,21)14-9-11(15(18)19)4-5-13(14)16-10-12-3-2-7-23-12/h4-5,9,12,16-17H,2-3,6-8,10H2,1H3,(H,18,19). The number of sulfonamides is 1. The lowest BCUT2D eigenvalue weighted by atomic mass is 10.2. The minimum atomic E-state index is -3.86. The summed E-state index contributed by atoms with van der Waals surface area (Å²) in [7, 11) is -2.40. The lowest BCUT2D eigenvalue weighted by Gasteiger charge is -2.16. The number of carbonyl (C=O) groups is 1. The van der Waals surface area contributed by atoms with Gasteiger partial charge in [0.05, 0.1) is 24.0 Å². The van der Waals surface area contributed by atoms with Gasteiger partial charge in [-0.25, -0.2) is 17.9 Å². The normalized spacial score (nSPS) is 17.8. The van der Waals surface area contributed by atoms with Crippen LogP contribution in [0.3, 0.4) is 0 Å². The monoisotopic (exact) mass is 358 g/mol. The van der Waals surface area contributed by atoms with E-state index in [2.05, 4.69) is 10.0 Å². The van der Waals surface area contributed by atoms with Crippen molar-refractivity contribution in [1.82, 2.24) is 4.72 Å². The second kappa shape index (κ2) is 8.43. The quantitative estimate of drug-likeness (QED) is 0.562. The molecule has 1 aromatic rings. The highest BCUT2D eigenvalue weighted by molar-refractivity contribution is 7.89. The van der Waals surface area contributed by atoms with Gasteiger partial charge in [0.2, 0.25) is 10.0 Å². The van der Waals surface area contributed by atoms with E-state index >= 15 is 0 Å². The molecule has 0 aliphatic carbocycles. The maximum atomic E-state index is 12.5. The van der Waals surface area contributed by atoms with Crippen LogP contribution in [-0.4, -0.2) is 59.0 Å². The molecule has 9 heteroatoms. The van der Waals surface area contributed by atoms with Gasteiger partial charge in [0.25, 0.3) is 0 Å². The Morgan fingerprint density at radius 3 is 2.88 bits per heavy atom. The first-order valence-corrected chi connectivity index (χ1v) is 9.14. The van der Waals surface area contributed by atoms with E-state index in [1.807, 2.05) is 0 Å². The average Bonchev–Trinajstić information content (AvgIpc) is 3.06. The van der Waals surface area contributed by atoms with Crippen LogP contribution in [0.1, 0.15) is 23.2 Å². The van der Waals surface area contributed by atoms with Crippen molar-refractivity contribution in [3.63, 3.8) is 0 Å². The first-order valence-electron chi connectivity index (χ1n) is 7.65. The average molecular weight is 358 g/mol. The van der Waals surface area contributed by atoms with Crippen molar-refractivity contribution < 1.29 is 27.8 Å². The van der Waals surface area contributed by atoms with E-state index in [4.69, 9.17) is 14.6 Å². The fraction of sp³-hybridized carbons (Fsp3) is 0.533. The van der Waals surface area contributed by atoms with Crippen LogP contribution in [0.25, 0.3) is 0 Å². The number of hydrogen-bond acceptors (Lipinski definition) is 6. The van der Waals surface area contributed by atoms with E-state index in [1.165, 1.54) is 19.2 Å². The molecule has 8 nitrogen and oxygen atoms in total. The van der Waals surface area contributed by atoms with Gasteiger partial charge in [-0.05, 0) is 31.0 Å². The first kappa shape index (κ1) is 18.7. The zero-order chi connectivity index (χ0) is 17.6. The highest BCUT2D eigenvalue weighted by atomic mass is 32.2. The van der Waals surface area contributed by atoms with Crippen LogP contribution >= 0.6 is 0 Å². The van der Waals surface area contributed by atoms with E-state index in [0.29, 0.717) is 18.8 Å². The second-order valence-corrected chi connectivity index (χ2v) is 7.16. The minimum Gasteiger partial charge on any atom is -0.478 e. The van der Waals surface area contributed by atoms with E-state index in [1.54, 1.807) is 0 Å². The predicted octanol–water partition coefficient (Wildman–Crippen LogP) is 0.900. The number of rotatable bonds is 9. The van der Waals surface area contributed by atoms with Gasteiger partial charge in [-0.15, -0.1) is 0 Å². The third kappa shape index (κ3) is 4.91. The maximum absolute atomic E-state index is 12.5. The van der Waals surface area contributed by atoms with Crippen molar-refractivity contribution in [1.29, 1.82) is 0 Å². The topological polar surface area (TPSA) is 114 Å². The van der Waals surface area contributed by atoms with Crippen LogP contribution < -0.4 is 10.0 Å². The number of methoxy groups -OCH3 is 1. The van der Waals surface area contributed by atoms with Gasteiger partial charge in [-0.1, -0.05) is 0 Å². The molecule has 24 heavy (non-hydrogen) atoms. The number of ether oxygens (including phenoxy) is 2. The zero-order valence-corrected chi connectivity index (χ0v) is 14.3. The van der Waals surface area contributed by atoms with Crippen molar-refractivity contribution in [2.45, 2.75) is 23.8 Å². The van der Waals surface area contributed by atoms with Crippen LogP contribution in [-0.2, 0) is 19.5 Å². The fourth-order valence-corrected chi connectivity index (χ4v) is 3.63. The Labute approximate surface area is 141 Å². The molecule has 2 rings (SSSR count). The van der Waals surface area contributed by atoms with Crippen LogP contribution in [0, 0.1) is 0 Å². The molecule has 0 saturated carbocycles. The number of aromatic carboxylic acids is 1. The smallest absolute Gasteiger partial charge is 0.335 e. The summed E-state index contributed by atoms with van der Waals surface area (Å²) in [4.78, 5) is 11.0. The van der Waals surface area contributed by atoms with Crippen molar-refractivity contribution >= 4 is 21.7 Å². The van der Waals surface area contributed by atoms with Crippen molar-refractivity contribution in [2.75, 3.05) is 38.7 Å². The summed E-state index contributed by atoms with van der Waals surface area (Å²) in [5.41, 5.74) is 0.255. The van der Waals surface area contributed by atoms with Gasteiger partial charge in [-0.3, -0.25) is 0 Å². The first-order chi connectivity index (χ1) is 11.4. The van der Waals surface area contributed by atoms with Crippen molar-refractivity contribution in [3.8, 4) is 0 Å². The third-order valence-electron chi connectivity index (χ3n) is 3.66. The molecule has 0 bridgehead atoms. The molecule has 134 valence electrons. The Morgan fingerprint density at radius 1 is 1.46 bits per heavy atom. The van der Waals surface area contributed by atoms with E-state index in [9.17, 15) is 13.2 Å². The molecule has 0 aromatic heterocycles. The van der Waals surface area contributed by atoms with Crippen LogP contribution in [0.5, 0.6) is 0 Å². The van der Waals surface area contributed by atoms with Gasteiger partial charge in [0.1, 0.15) is 4.90 Å². The van der Waals surface area contributed by atoms with Crippen LogP contribution in [0.15, 0.2) is 23.1 Å². The zero-order valence-electron chi connectivity index (χ0n) is 13.4. The Balaban J connectivity index is 2.22. The highest BCUT2D eigenvalue weighted by Gasteiger charge is 2.22. The molecule has 0 amide bonds. The van der Waals surface area contributed by atoms with Crippen molar-refractivity contribution in [3.05, 3.63) is 23.8 Å². The summed E-state index contributed by atoms with van der Waals surface area (Å²) in [5.74, 6) is -1.19. The summed E-state index contributed by atoms with van der Waals surface area (Å²) in [6, 6.07) is 3.98. The molecule has 1 heterocycles. The summed E-state index contributed by atoms with van der Waals surface area (Å²) >= 11 is 0. The van der Waals surface area contributed by atoms with Crippen LogP contribution in [0.2, 0.25) is 0 Å². The molecule has 1 saturated heterocycles. The number of benzene rings is 1. The van der Waals surface area contributed by atoms with E-state index in [-0.39, 0.29) is 29.7 Å². The Hall–Kier alpha value is -1.68. The fourth-order valence-electron chi connectivity index (χ4n) is 2.41. The number of nitrogens with one attached hydrogen (secondary N) is 2. The molecule has 1 unspecified atom stereocenters. The highest BCUT2D eigenvalue weighted by Crippen LogP contribution is 2.24. The molecule has 3 N–H and O–H groups in total. The van der Waals surface area contributed by atoms with Gasteiger partial charge >= 0.3 is 5.97 Å². The van der Waals surface area contributed by atoms with Gasteiger partial charge < -0.3 is 19.9 Å². The molecule has 1 aliphatic rings. The summed E-state index contributed by atoms with van der Waals surface area (Å²) in [5, 5.41) is 12.2. The maximum Gasteiger partial charge on any atom is 0.335 e. The number of anilines is 1. The minimum absolute atomic E-state index is 0.0288. The Morgan fingerprint density at radius 2 is 2.25 bits per heavy atom. The van der Waals surface area contributed by atoms with Crippen LogP contribution in [0.4, 0.5) is 5.69 Å². The molecule has 0 spiro atoms. The summed E-state index contributed by atoms with van der Waals surface area (Å²) in [6.45, 7) is 1.48.